The fraction of sp³-hybridized carbons (Fsp3) is 0.429. The first kappa shape index (κ1) is 22.5. The predicted molar refractivity (Wildman–Crippen MR) is 131 cm³/mol. The molecule has 0 saturated heterocycles. The lowest BCUT2D eigenvalue weighted by molar-refractivity contribution is -0.134. The fourth-order valence-electron chi connectivity index (χ4n) is 5.50. The second-order valence-electron chi connectivity index (χ2n) is 9.98. The highest BCUT2D eigenvalue weighted by molar-refractivity contribution is 6.00. The number of benzene rings is 1. The fourth-order valence-corrected chi connectivity index (χ4v) is 5.50. The number of rotatable bonds is 6. The van der Waals surface area contributed by atoms with Crippen molar-refractivity contribution in [2.75, 3.05) is 6.54 Å². The van der Waals surface area contributed by atoms with Crippen molar-refractivity contribution in [1.82, 2.24) is 14.8 Å². The Bertz CT molecular complexity index is 1150. The normalized spacial score (nSPS) is 24.6. The first-order valence-corrected chi connectivity index (χ1v) is 12.4. The molecule has 6 heteroatoms. The molecule has 3 heterocycles. The SMILES string of the molecule is C[C@@H]1CCCC[C@@H]1NC(=O)[C@]1(C)Cn2c(ccc2-c2ccco2)C(=O)N1CCc1ccccc1. The molecule has 2 aliphatic rings. The molecule has 1 fully saturated rings. The third-order valence-corrected chi connectivity index (χ3v) is 7.66. The molecule has 0 unspecified atom stereocenters. The number of carbonyl (C=O) groups is 2. The van der Waals surface area contributed by atoms with Crippen LogP contribution in [0.25, 0.3) is 11.5 Å². The van der Waals surface area contributed by atoms with E-state index in [2.05, 4.69) is 24.4 Å². The topological polar surface area (TPSA) is 67.5 Å². The molecule has 2 aromatic heterocycles. The van der Waals surface area contributed by atoms with Gasteiger partial charge in [-0.15, -0.1) is 0 Å². The lowest BCUT2D eigenvalue weighted by Crippen LogP contribution is -2.65. The van der Waals surface area contributed by atoms with Gasteiger partial charge >= 0.3 is 0 Å². The number of nitrogens with zero attached hydrogens (tertiary/aromatic N) is 2. The van der Waals surface area contributed by atoms with E-state index in [0.29, 0.717) is 36.9 Å². The molecule has 0 spiro atoms. The van der Waals surface area contributed by atoms with Crippen LogP contribution < -0.4 is 5.32 Å². The van der Waals surface area contributed by atoms with Crippen molar-refractivity contribution in [3.8, 4) is 11.5 Å². The van der Waals surface area contributed by atoms with Gasteiger partial charge in [0, 0.05) is 12.6 Å². The summed E-state index contributed by atoms with van der Waals surface area (Å²) in [6.07, 6.45) is 6.79. The Morgan fingerprint density at radius 2 is 1.82 bits per heavy atom. The zero-order valence-corrected chi connectivity index (χ0v) is 20.0. The first-order chi connectivity index (χ1) is 16.5. The van der Waals surface area contributed by atoms with Crippen LogP contribution in [0.5, 0.6) is 0 Å². The number of nitrogens with one attached hydrogen (secondary N) is 1. The number of aromatic nitrogens is 1. The van der Waals surface area contributed by atoms with Gasteiger partial charge in [-0.3, -0.25) is 9.59 Å². The zero-order valence-electron chi connectivity index (χ0n) is 20.0. The lowest BCUT2D eigenvalue weighted by atomic mass is 9.85. The van der Waals surface area contributed by atoms with Crippen LogP contribution >= 0.6 is 0 Å². The summed E-state index contributed by atoms with van der Waals surface area (Å²) >= 11 is 0. The van der Waals surface area contributed by atoms with Gasteiger partial charge in [-0.25, -0.2) is 0 Å². The maximum absolute atomic E-state index is 13.9. The average Bonchev–Trinajstić information content (AvgIpc) is 3.51. The maximum atomic E-state index is 13.9. The van der Waals surface area contributed by atoms with Gasteiger partial charge in [0.1, 0.15) is 17.0 Å². The summed E-state index contributed by atoms with van der Waals surface area (Å²) in [5.41, 5.74) is 1.56. The Hall–Kier alpha value is -3.28. The molecule has 178 valence electrons. The zero-order chi connectivity index (χ0) is 23.7. The largest absolute Gasteiger partial charge is 0.463 e. The molecule has 2 amide bonds. The van der Waals surface area contributed by atoms with Gasteiger partial charge in [0.25, 0.3) is 5.91 Å². The van der Waals surface area contributed by atoms with E-state index in [-0.39, 0.29) is 17.9 Å². The van der Waals surface area contributed by atoms with Gasteiger partial charge in [0.2, 0.25) is 5.91 Å². The van der Waals surface area contributed by atoms with Crippen LogP contribution in [-0.2, 0) is 17.8 Å². The quantitative estimate of drug-likeness (QED) is 0.570. The molecule has 34 heavy (non-hydrogen) atoms. The van der Waals surface area contributed by atoms with E-state index in [9.17, 15) is 9.59 Å². The molecule has 3 aromatic rings. The number of furan rings is 1. The standard InChI is InChI=1S/C28H33N3O3/c1-20-9-6-7-12-22(20)29-27(33)28(2)19-30-23(25-13-8-18-34-25)14-15-24(30)26(32)31(28)17-16-21-10-4-3-5-11-21/h3-5,8,10-11,13-15,18,20,22H,6-7,9,12,16-17,19H2,1-2H3,(H,29,33)/t20-,22+,28+/m1/s1. The van der Waals surface area contributed by atoms with Gasteiger partial charge in [0.15, 0.2) is 0 Å². The molecular formula is C28H33N3O3. The first-order valence-electron chi connectivity index (χ1n) is 12.4. The van der Waals surface area contributed by atoms with E-state index in [0.717, 1.165) is 30.5 Å². The van der Waals surface area contributed by atoms with Crippen molar-refractivity contribution in [2.45, 2.75) is 64.1 Å². The van der Waals surface area contributed by atoms with Crippen LogP contribution in [0.3, 0.4) is 0 Å². The molecule has 5 rings (SSSR count). The highest BCUT2D eigenvalue weighted by Gasteiger charge is 2.48. The summed E-state index contributed by atoms with van der Waals surface area (Å²) in [5, 5.41) is 3.34. The van der Waals surface area contributed by atoms with Crippen LogP contribution in [0.1, 0.15) is 55.6 Å². The number of hydrogen-bond acceptors (Lipinski definition) is 3. The van der Waals surface area contributed by atoms with Crippen LogP contribution in [0.2, 0.25) is 0 Å². The Labute approximate surface area is 200 Å². The van der Waals surface area contributed by atoms with E-state index in [4.69, 9.17) is 4.42 Å². The molecule has 1 aliphatic carbocycles. The molecule has 6 nitrogen and oxygen atoms in total. The third-order valence-electron chi connectivity index (χ3n) is 7.66. The van der Waals surface area contributed by atoms with Crippen molar-refractivity contribution in [3.63, 3.8) is 0 Å². The number of carbonyl (C=O) groups excluding carboxylic acids is 2. The third kappa shape index (κ3) is 4.06. The molecule has 1 saturated carbocycles. The smallest absolute Gasteiger partial charge is 0.271 e. The maximum Gasteiger partial charge on any atom is 0.271 e. The predicted octanol–water partition coefficient (Wildman–Crippen LogP) is 4.90. The van der Waals surface area contributed by atoms with Gasteiger partial charge < -0.3 is 19.2 Å². The summed E-state index contributed by atoms with van der Waals surface area (Å²) in [6.45, 7) is 4.99. The minimum atomic E-state index is -1.00. The van der Waals surface area contributed by atoms with E-state index in [1.54, 1.807) is 11.2 Å². The van der Waals surface area contributed by atoms with E-state index in [1.807, 2.05) is 54.0 Å². The number of fused-ring (bicyclic) bond motifs is 1. The van der Waals surface area contributed by atoms with Crippen molar-refractivity contribution < 1.29 is 14.0 Å². The van der Waals surface area contributed by atoms with Crippen molar-refractivity contribution in [3.05, 3.63) is 72.1 Å². The molecule has 0 radical (unpaired) electrons. The summed E-state index contributed by atoms with van der Waals surface area (Å²) in [6, 6.07) is 17.7. The van der Waals surface area contributed by atoms with Crippen molar-refractivity contribution in [2.24, 2.45) is 5.92 Å². The van der Waals surface area contributed by atoms with Crippen LogP contribution in [0, 0.1) is 5.92 Å². The second-order valence-corrected chi connectivity index (χ2v) is 9.98. The average molecular weight is 460 g/mol. The number of amides is 2. The molecule has 1 aromatic carbocycles. The molecular weight excluding hydrogens is 426 g/mol. The van der Waals surface area contributed by atoms with Gasteiger partial charge in [-0.1, -0.05) is 50.1 Å². The van der Waals surface area contributed by atoms with E-state index in [1.165, 1.54) is 6.42 Å². The lowest BCUT2D eigenvalue weighted by Gasteiger charge is -2.45. The highest BCUT2D eigenvalue weighted by atomic mass is 16.3. The molecule has 0 bridgehead atoms. The summed E-state index contributed by atoms with van der Waals surface area (Å²) in [5.74, 6) is 0.950. The van der Waals surface area contributed by atoms with Crippen LogP contribution in [0.15, 0.2) is 65.3 Å². The highest BCUT2D eigenvalue weighted by Crippen LogP contribution is 2.34. The monoisotopic (exact) mass is 459 g/mol. The Balaban J connectivity index is 1.48. The Morgan fingerprint density at radius 1 is 1.06 bits per heavy atom. The summed E-state index contributed by atoms with van der Waals surface area (Å²) in [4.78, 5) is 29.5. The van der Waals surface area contributed by atoms with Crippen molar-refractivity contribution in [1.29, 1.82) is 0 Å². The minimum Gasteiger partial charge on any atom is -0.463 e. The van der Waals surface area contributed by atoms with E-state index >= 15 is 0 Å². The second kappa shape index (κ2) is 9.16. The molecule has 1 N–H and O–H groups in total. The van der Waals surface area contributed by atoms with Gasteiger partial charge in [-0.2, -0.15) is 0 Å². The van der Waals surface area contributed by atoms with E-state index < -0.39 is 5.54 Å². The molecule has 1 aliphatic heterocycles. The van der Waals surface area contributed by atoms with Crippen LogP contribution in [-0.4, -0.2) is 39.4 Å². The summed E-state index contributed by atoms with van der Waals surface area (Å²) < 4.78 is 7.58. The Morgan fingerprint density at radius 3 is 2.56 bits per heavy atom. The van der Waals surface area contributed by atoms with Gasteiger partial charge in [0.05, 0.1) is 18.5 Å². The summed E-state index contributed by atoms with van der Waals surface area (Å²) in [7, 11) is 0. The molecule has 3 atom stereocenters. The number of hydrogen-bond donors (Lipinski definition) is 1. The van der Waals surface area contributed by atoms with Gasteiger partial charge in [-0.05, 0) is 61.9 Å². The van der Waals surface area contributed by atoms with Crippen LogP contribution in [0.4, 0.5) is 0 Å². The Kier molecular flexibility index (Phi) is 6.07. The minimum absolute atomic E-state index is 0.0718. The van der Waals surface area contributed by atoms with Crippen molar-refractivity contribution >= 4 is 11.8 Å².